The summed E-state index contributed by atoms with van der Waals surface area (Å²) in [6.07, 6.45) is 1.08. The summed E-state index contributed by atoms with van der Waals surface area (Å²) in [7, 11) is 1.60. The summed E-state index contributed by atoms with van der Waals surface area (Å²) in [5, 5.41) is 5.44. The first kappa shape index (κ1) is 17.5. The molecule has 0 fully saturated rings. The number of para-hydroxylation sites is 1. The van der Waals surface area contributed by atoms with Crippen molar-refractivity contribution in [1.82, 2.24) is 10.6 Å². The van der Waals surface area contributed by atoms with Crippen molar-refractivity contribution in [2.75, 3.05) is 13.7 Å². The molecule has 0 heterocycles. The number of rotatable bonds is 8. The molecule has 2 aromatic rings. The van der Waals surface area contributed by atoms with Gasteiger partial charge in [-0.15, -0.1) is 0 Å². The molecule has 24 heavy (non-hydrogen) atoms. The van der Waals surface area contributed by atoms with Crippen LogP contribution in [0.25, 0.3) is 0 Å². The number of amides is 2. The molecule has 5 nitrogen and oxygen atoms in total. The summed E-state index contributed by atoms with van der Waals surface area (Å²) < 4.78 is 5.55. The van der Waals surface area contributed by atoms with Gasteiger partial charge in [-0.05, 0) is 36.2 Å². The molecule has 0 saturated carbocycles. The maximum Gasteiger partial charge on any atom is 0.251 e. The summed E-state index contributed by atoms with van der Waals surface area (Å²) in [5.74, 6) is 0.681. The Labute approximate surface area is 142 Å². The summed E-state index contributed by atoms with van der Waals surface area (Å²) >= 11 is 0. The molecule has 2 rings (SSSR count). The van der Waals surface area contributed by atoms with Gasteiger partial charge in [-0.1, -0.05) is 30.3 Å². The van der Waals surface area contributed by atoms with Gasteiger partial charge in [0.05, 0.1) is 6.61 Å². The first-order valence-electron chi connectivity index (χ1n) is 7.94. The number of hydrogen-bond donors (Lipinski definition) is 2. The topological polar surface area (TPSA) is 67.4 Å². The van der Waals surface area contributed by atoms with Crippen LogP contribution in [0.3, 0.4) is 0 Å². The average Bonchev–Trinajstić information content (AvgIpc) is 2.64. The lowest BCUT2D eigenvalue weighted by Gasteiger charge is -2.07. The molecular formula is C19H22N2O3. The zero-order chi connectivity index (χ0) is 17.2. The smallest absolute Gasteiger partial charge is 0.251 e. The Balaban J connectivity index is 1.65. The maximum atomic E-state index is 11.8. The number of hydrogen-bond acceptors (Lipinski definition) is 3. The molecule has 5 heteroatoms. The van der Waals surface area contributed by atoms with Crippen LogP contribution < -0.4 is 15.4 Å². The van der Waals surface area contributed by atoms with Crippen molar-refractivity contribution in [2.24, 2.45) is 0 Å². The fraction of sp³-hybridized carbons (Fsp3) is 0.263. The summed E-state index contributed by atoms with van der Waals surface area (Å²) in [6, 6.07) is 16.7. The van der Waals surface area contributed by atoms with Gasteiger partial charge < -0.3 is 15.4 Å². The molecule has 0 atom stereocenters. The Hall–Kier alpha value is -2.82. The van der Waals surface area contributed by atoms with Crippen LogP contribution in [-0.2, 0) is 11.3 Å². The monoisotopic (exact) mass is 326 g/mol. The second-order valence-electron chi connectivity index (χ2n) is 5.32. The van der Waals surface area contributed by atoms with Gasteiger partial charge in [0.25, 0.3) is 5.91 Å². The standard InChI is InChI=1S/C19H22N2O3/c1-20-19(23)16-11-9-15(10-12-16)14-21-18(22)8-5-13-24-17-6-3-2-4-7-17/h2-4,6-7,9-12H,5,8,13-14H2,1H3,(H,20,23)(H,21,22). The van der Waals surface area contributed by atoms with Crippen LogP contribution in [0.4, 0.5) is 0 Å². The zero-order valence-corrected chi connectivity index (χ0v) is 13.7. The molecule has 2 aromatic carbocycles. The van der Waals surface area contributed by atoms with Crippen LogP contribution in [-0.4, -0.2) is 25.5 Å². The van der Waals surface area contributed by atoms with Gasteiger partial charge in [-0.25, -0.2) is 0 Å². The number of carbonyl (C=O) groups excluding carboxylic acids is 2. The lowest BCUT2D eigenvalue weighted by molar-refractivity contribution is -0.121. The van der Waals surface area contributed by atoms with Crippen molar-refractivity contribution < 1.29 is 14.3 Å². The fourth-order valence-corrected chi connectivity index (χ4v) is 2.15. The van der Waals surface area contributed by atoms with E-state index < -0.39 is 0 Å². The molecule has 0 unspecified atom stereocenters. The molecule has 2 N–H and O–H groups in total. The molecule has 0 aromatic heterocycles. The van der Waals surface area contributed by atoms with Gasteiger partial charge in [-0.3, -0.25) is 9.59 Å². The lowest BCUT2D eigenvalue weighted by atomic mass is 10.1. The highest BCUT2D eigenvalue weighted by Crippen LogP contribution is 2.09. The predicted molar refractivity (Wildman–Crippen MR) is 92.8 cm³/mol. The Bertz CT molecular complexity index is 654. The molecule has 0 spiro atoms. The zero-order valence-electron chi connectivity index (χ0n) is 13.7. The molecule has 0 saturated heterocycles. The molecule has 0 bridgehead atoms. The lowest BCUT2D eigenvalue weighted by Crippen LogP contribution is -2.23. The molecule has 0 radical (unpaired) electrons. The minimum Gasteiger partial charge on any atom is -0.494 e. The fourth-order valence-electron chi connectivity index (χ4n) is 2.15. The van der Waals surface area contributed by atoms with Crippen molar-refractivity contribution in [1.29, 1.82) is 0 Å². The largest absolute Gasteiger partial charge is 0.494 e. The van der Waals surface area contributed by atoms with Gasteiger partial charge >= 0.3 is 0 Å². The van der Waals surface area contributed by atoms with Crippen molar-refractivity contribution in [3.63, 3.8) is 0 Å². The highest BCUT2D eigenvalue weighted by Gasteiger charge is 2.04. The van der Waals surface area contributed by atoms with Crippen LogP contribution >= 0.6 is 0 Å². The number of ether oxygens (including phenoxy) is 1. The highest BCUT2D eigenvalue weighted by molar-refractivity contribution is 5.93. The minimum absolute atomic E-state index is 0.0120. The van der Waals surface area contributed by atoms with E-state index in [9.17, 15) is 9.59 Å². The van der Waals surface area contributed by atoms with E-state index in [1.807, 2.05) is 42.5 Å². The number of nitrogens with one attached hydrogen (secondary N) is 2. The normalized spacial score (nSPS) is 10.0. The third-order valence-electron chi connectivity index (χ3n) is 3.49. The van der Waals surface area contributed by atoms with Gasteiger partial charge in [0.1, 0.15) is 5.75 Å². The SMILES string of the molecule is CNC(=O)c1ccc(CNC(=O)CCCOc2ccccc2)cc1. The van der Waals surface area contributed by atoms with E-state index in [1.165, 1.54) is 0 Å². The Kier molecular flexibility index (Phi) is 6.83. The summed E-state index contributed by atoms with van der Waals surface area (Å²) in [6.45, 7) is 0.963. The average molecular weight is 326 g/mol. The molecule has 0 aliphatic carbocycles. The second kappa shape index (κ2) is 9.35. The van der Waals surface area contributed by atoms with Crippen LogP contribution in [0, 0.1) is 0 Å². The quantitative estimate of drug-likeness (QED) is 0.733. The van der Waals surface area contributed by atoms with Crippen LogP contribution in [0.15, 0.2) is 54.6 Å². The first-order valence-corrected chi connectivity index (χ1v) is 7.94. The molecule has 0 aliphatic heterocycles. The third-order valence-corrected chi connectivity index (χ3v) is 3.49. The van der Waals surface area contributed by atoms with E-state index in [4.69, 9.17) is 4.74 Å². The second-order valence-corrected chi connectivity index (χ2v) is 5.32. The molecular weight excluding hydrogens is 304 g/mol. The summed E-state index contributed by atoms with van der Waals surface area (Å²) in [4.78, 5) is 23.3. The summed E-state index contributed by atoms with van der Waals surface area (Å²) in [5.41, 5.74) is 1.56. The predicted octanol–water partition coefficient (Wildman–Crippen LogP) is 2.52. The van der Waals surface area contributed by atoms with E-state index in [2.05, 4.69) is 10.6 Å². The number of benzene rings is 2. The van der Waals surface area contributed by atoms with Crippen molar-refractivity contribution >= 4 is 11.8 Å². The first-order chi connectivity index (χ1) is 11.7. The van der Waals surface area contributed by atoms with Crippen LogP contribution in [0.5, 0.6) is 5.75 Å². The van der Waals surface area contributed by atoms with E-state index in [-0.39, 0.29) is 11.8 Å². The van der Waals surface area contributed by atoms with Crippen molar-refractivity contribution in [3.8, 4) is 5.75 Å². The van der Waals surface area contributed by atoms with E-state index in [0.29, 0.717) is 31.6 Å². The van der Waals surface area contributed by atoms with Gasteiger partial charge in [0.2, 0.25) is 5.91 Å². The highest BCUT2D eigenvalue weighted by atomic mass is 16.5. The minimum atomic E-state index is -0.121. The van der Waals surface area contributed by atoms with Gasteiger partial charge in [0.15, 0.2) is 0 Å². The van der Waals surface area contributed by atoms with Crippen molar-refractivity contribution in [2.45, 2.75) is 19.4 Å². The van der Waals surface area contributed by atoms with E-state index in [0.717, 1.165) is 11.3 Å². The molecule has 126 valence electrons. The van der Waals surface area contributed by atoms with Crippen molar-refractivity contribution in [3.05, 3.63) is 65.7 Å². The van der Waals surface area contributed by atoms with Gasteiger partial charge in [0, 0.05) is 25.6 Å². The Morgan fingerprint density at radius 3 is 2.38 bits per heavy atom. The Morgan fingerprint density at radius 1 is 1.00 bits per heavy atom. The van der Waals surface area contributed by atoms with Gasteiger partial charge in [-0.2, -0.15) is 0 Å². The third kappa shape index (κ3) is 5.76. The van der Waals surface area contributed by atoms with E-state index >= 15 is 0 Å². The molecule has 0 aliphatic rings. The number of carbonyl (C=O) groups is 2. The van der Waals surface area contributed by atoms with Crippen LogP contribution in [0.1, 0.15) is 28.8 Å². The molecule has 2 amide bonds. The van der Waals surface area contributed by atoms with E-state index in [1.54, 1.807) is 19.2 Å². The maximum absolute atomic E-state index is 11.8. The van der Waals surface area contributed by atoms with Crippen LogP contribution in [0.2, 0.25) is 0 Å². The Morgan fingerprint density at radius 2 is 1.71 bits per heavy atom.